The van der Waals surface area contributed by atoms with E-state index in [4.69, 9.17) is 36.8 Å². The van der Waals surface area contributed by atoms with Gasteiger partial charge in [0.1, 0.15) is 0 Å². The van der Waals surface area contributed by atoms with Crippen LogP contribution in [0.3, 0.4) is 0 Å². The predicted octanol–water partition coefficient (Wildman–Crippen LogP) is 3.41. The lowest BCUT2D eigenvalue weighted by Crippen LogP contribution is -2.08. The number of hydrogen-bond acceptors (Lipinski definition) is 4. The molecule has 8 heteroatoms. The zero-order chi connectivity index (χ0) is 11.7. The van der Waals surface area contributed by atoms with E-state index >= 15 is 0 Å². The van der Waals surface area contributed by atoms with Gasteiger partial charge >= 0.3 is 7.82 Å². The molecule has 4 nitrogen and oxygen atoms in total. The van der Waals surface area contributed by atoms with Gasteiger partial charge < -0.3 is 0 Å². The molecule has 0 aliphatic rings. The minimum Gasteiger partial charge on any atom is -0.286 e. The molecular weight excluding hydrogens is 330 g/mol. The van der Waals surface area contributed by atoms with Crippen molar-refractivity contribution in [2.75, 3.05) is 31.6 Å². The van der Waals surface area contributed by atoms with Crippen LogP contribution in [0.5, 0.6) is 0 Å². The SMILES string of the molecule is CC(Br)COP(=O)(OCCCl)OCCCl. The maximum atomic E-state index is 11.8. The lowest BCUT2D eigenvalue weighted by Gasteiger charge is -2.17. The Labute approximate surface area is 108 Å². The number of rotatable bonds is 9. The number of phosphoric ester groups is 1. The lowest BCUT2D eigenvalue weighted by molar-refractivity contribution is 0.124. The van der Waals surface area contributed by atoms with Gasteiger partial charge in [-0.2, -0.15) is 0 Å². The molecule has 0 saturated carbocycles. The monoisotopic (exact) mass is 342 g/mol. The van der Waals surface area contributed by atoms with Crippen LogP contribution in [0.15, 0.2) is 0 Å². The molecule has 0 bridgehead atoms. The van der Waals surface area contributed by atoms with E-state index < -0.39 is 7.82 Å². The summed E-state index contributed by atoms with van der Waals surface area (Å²) in [5, 5.41) is 0. The molecule has 0 aliphatic heterocycles. The quantitative estimate of drug-likeness (QED) is 0.475. The molecule has 0 amide bonds. The first-order valence-corrected chi connectivity index (χ1v) is 7.78. The second-order valence-corrected chi connectivity index (χ2v) is 6.56. The summed E-state index contributed by atoms with van der Waals surface area (Å²) < 4.78 is 26.7. The molecule has 0 aromatic carbocycles. The highest BCUT2D eigenvalue weighted by Crippen LogP contribution is 2.49. The van der Waals surface area contributed by atoms with Crippen molar-refractivity contribution in [3.8, 4) is 0 Å². The van der Waals surface area contributed by atoms with E-state index in [2.05, 4.69) is 15.9 Å². The molecule has 0 spiro atoms. The van der Waals surface area contributed by atoms with Gasteiger partial charge in [0.25, 0.3) is 0 Å². The summed E-state index contributed by atoms with van der Waals surface area (Å²) in [6.07, 6.45) is 0. The van der Waals surface area contributed by atoms with Gasteiger partial charge in [0.15, 0.2) is 0 Å². The largest absolute Gasteiger partial charge is 0.474 e. The van der Waals surface area contributed by atoms with Gasteiger partial charge in [0, 0.05) is 16.6 Å². The maximum Gasteiger partial charge on any atom is 0.474 e. The van der Waals surface area contributed by atoms with Crippen molar-refractivity contribution in [2.24, 2.45) is 0 Å². The molecule has 0 aromatic heterocycles. The van der Waals surface area contributed by atoms with Gasteiger partial charge in [0.05, 0.1) is 19.8 Å². The Balaban J connectivity index is 4.08. The van der Waals surface area contributed by atoms with Crippen LogP contribution in [0.2, 0.25) is 0 Å². The van der Waals surface area contributed by atoms with Crippen molar-refractivity contribution < 1.29 is 18.1 Å². The highest BCUT2D eigenvalue weighted by molar-refractivity contribution is 9.09. The fraction of sp³-hybridized carbons (Fsp3) is 1.00. The van der Waals surface area contributed by atoms with Crippen LogP contribution >= 0.6 is 47.0 Å². The molecule has 0 radical (unpaired) electrons. The number of hydrogen-bond donors (Lipinski definition) is 0. The van der Waals surface area contributed by atoms with E-state index in [0.29, 0.717) is 0 Å². The van der Waals surface area contributed by atoms with E-state index in [1.54, 1.807) is 0 Å². The summed E-state index contributed by atoms with van der Waals surface area (Å²) in [4.78, 5) is 0.0602. The lowest BCUT2D eigenvalue weighted by atomic mass is 10.5. The van der Waals surface area contributed by atoms with Crippen molar-refractivity contribution in [1.82, 2.24) is 0 Å². The summed E-state index contributed by atoms with van der Waals surface area (Å²) in [7, 11) is -3.51. The van der Waals surface area contributed by atoms with Crippen molar-refractivity contribution >= 4 is 47.0 Å². The minimum absolute atomic E-state index is 0.0602. The van der Waals surface area contributed by atoms with Gasteiger partial charge in [-0.15, -0.1) is 23.2 Å². The van der Waals surface area contributed by atoms with E-state index in [9.17, 15) is 4.57 Å². The van der Waals surface area contributed by atoms with Crippen LogP contribution in [0.25, 0.3) is 0 Å². The third-order valence-corrected chi connectivity index (χ3v) is 3.15. The standard InChI is InChI=1S/C7H14BrCl2O4P/c1-7(8)6-14-15(11,12-4-2-9)13-5-3-10/h7H,2-6H2,1H3. The van der Waals surface area contributed by atoms with Crippen molar-refractivity contribution in [2.45, 2.75) is 11.8 Å². The molecule has 1 unspecified atom stereocenters. The third kappa shape index (κ3) is 8.93. The smallest absolute Gasteiger partial charge is 0.286 e. The molecule has 0 aromatic rings. The first kappa shape index (κ1) is 16.2. The van der Waals surface area contributed by atoms with Crippen LogP contribution in [0.1, 0.15) is 6.92 Å². The Kier molecular flexibility index (Phi) is 9.95. The second kappa shape index (κ2) is 9.23. The Hall–Kier alpha value is 1.17. The van der Waals surface area contributed by atoms with Gasteiger partial charge in [0.2, 0.25) is 0 Å². The Morgan fingerprint density at radius 3 is 2.00 bits per heavy atom. The summed E-state index contributed by atoms with van der Waals surface area (Å²) in [5.41, 5.74) is 0. The number of alkyl halides is 3. The van der Waals surface area contributed by atoms with E-state index in [1.165, 1.54) is 0 Å². The Morgan fingerprint density at radius 1 is 1.20 bits per heavy atom. The topological polar surface area (TPSA) is 44.8 Å². The predicted molar refractivity (Wildman–Crippen MR) is 65.3 cm³/mol. The molecule has 0 saturated heterocycles. The number of phosphoric acid groups is 1. The molecule has 0 heterocycles. The molecule has 0 N–H and O–H groups in total. The fourth-order valence-electron chi connectivity index (χ4n) is 0.598. The first-order chi connectivity index (χ1) is 7.04. The van der Waals surface area contributed by atoms with Crippen molar-refractivity contribution in [1.29, 1.82) is 0 Å². The first-order valence-electron chi connectivity index (χ1n) is 4.33. The van der Waals surface area contributed by atoms with Crippen molar-refractivity contribution in [3.63, 3.8) is 0 Å². The molecular formula is C7H14BrCl2O4P. The fourth-order valence-corrected chi connectivity index (χ4v) is 2.56. The Bertz CT molecular complexity index is 193. The van der Waals surface area contributed by atoms with Crippen LogP contribution in [0.4, 0.5) is 0 Å². The molecule has 0 aliphatic carbocycles. The summed E-state index contributed by atoms with van der Waals surface area (Å²) in [5.74, 6) is 0.447. The minimum atomic E-state index is -3.51. The molecule has 92 valence electrons. The normalized spacial score (nSPS) is 14.1. The Morgan fingerprint density at radius 2 is 1.67 bits per heavy atom. The number of halogens is 3. The average molecular weight is 344 g/mol. The highest BCUT2D eigenvalue weighted by atomic mass is 79.9. The van der Waals surface area contributed by atoms with Crippen LogP contribution < -0.4 is 0 Å². The van der Waals surface area contributed by atoms with E-state index in [1.807, 2.05) is 6.92 Å². The average Bonchev–Trinajstić information content (AvgIpc) is 2.21. The van der Waals surface area contributed by atoms with Crippen LogP contribution in [-0.2, 0) is 18.1 Å². The van der Waals surface area contributed by atoms with Crippen LogP contribution in [-0.4, -0.2) is 36.4 Å². The van der Waals surface area contributed by atoms with Gasteiger partial charge in [-0.3, -0.25) is 13.6 Å². The van der Waals surface area contributed by atoms with E-state index in [0.717, 1.165) is 0 Å². The zero-order valence-corrected chi connectivity index (χ0v) is 12.3. The van der Waals surface area contributed by atoms with Gasteiger partial charge in [-0.25, -0.2) is 4.57 Å². The summed E-state index contributed by atoms with van der Waals surface area (Å²) in [6, 6.07) is 0. The zero-order valence-electron chi connectivity index (χ0n) is 8.33. The van der Waals surface area contributed by atoms with E-state index in [-0.39, 0.29) is 36.4 Å². The van der Waals surface area contributed by atoms with Crippen LogP contribution in [0, 0.1) is 0 Å². The van der Waals surface area contributed by atoms with Gasteiger partial charge in [-0.05, 0) is 0 Å². The summed E-state index contributed by atoms with van der Waals surface area (Å²) in [6.45, 7) is 2.30. The highest BCUT2D eigenvalue weighted by Gasteiger charge is 2.26. The molecule has 0 rings (SSSR count). The van der Waals surface area contributed by atoms with Crippen molar-refractivity contribution in [3.05, 3.63) is 0 Å². The maximum absolute atomic E-state index is 11.8. The second-order valence-electron chi connectivity index (χ2n) is 2.57. The molecule has 15 heavy (non-hydrogen) atoms. The molecule has 0 fully saturated rings. The summed E-state index contributed by atoms with van der Waals surface area (Å²) >= 11 is 14.1. The molecule has 1 atom stereocenters. The third-order valence-electron chi connectivity index (χ3n) is 1.12. The van der Waals surface area contributed by atoms with Gasteiger partial charge in [-0.1, -0.05) is 22.9 Å².